The lowest BCUT2D eigenvalue weighted by Crippen LogP contribution is -2.30. The quantitative estimate of drug-likeness (QED) is 0.873. The van der Waals surface area contributed by atoms with Crippen molar-refractivity contribution in [2.45, 2.75) is 32.7 Å². The molecular formula is C19H25NO. The zero-order valence-electron chi connectivity index (χ0n) is 13.4. The molecule has 21 heavy (non-hydrogen) atoms. The molecule has 0 amide bonds. The maximum absolute atomic E-state index is 5.49. The van der Waals surface area contributed by atoms with Crippen LogP contribution < -0.4 is 10.1 Å². The highest BCUT2D eigenvalue weighted by molar-refractivity contribution is 5.38. The molecule has 112 valence electrons. The molecule has 1 unspecified atom stereocenters. The van der Waals surface area contributed by atoms with Crippen LogP contribution in [0, 0.1) is 13.8 Å². The van der Waals surface area contributed by atoms with Gasteiger partial charge in [-0.1, -0.05) is 42.0 Å². The van der Waals surface area contributed by atoms with Gasteiger partial charge in [-0.05, 0) is 56.5 Å². The lowest BCUT2D eigenvalue weighted by atomic mass is 9.95. The molecule has 2 rings (SSSR count). The Hall–Kier alpha value is -1.80. The van der Waals surface area contributed by atoms with Crippen molar-refractivity contribution < 1.29 is 4.74 Å². The molecule has 1 atom stereocenters. The number of ether oxygens (including phenoxy) is 1. The largest absolute Gasteiger partial charge is 0.496 e. The molecule has 0 saturated heterocycles. The van der Waals surface area contributed by atoms with E-state index in [1.807, 2.05) is 7.05 Å². The summed E-state index contributed by atoms with van der Waals surface area (Å²) in [6.45, 7) is 4.30. The predicted molar refractivity (Wildman–Crippen MR) is 89.2 cm³/mol. The second kappa shape index (κ2) is 7.28. The molecule has 0 fully saturated rings. The first-order chi connectivity index (χ1) is 10.1. The van der Waals surface area contributed by atoms with E-state index in [1.54, 1.807) is 7.11 Å². The summed E-state index contributed by atoms with van der Waals surface area (Å²) < 4.78 is 5.49. The first kappa shape index (κ1) is 15.6. The van der Waals surface area contributed by atoms with Gasteiger partial charge in [0.2, 0.25) is 0 Å². The van der Waals surface area contributed by atoms with Crippen molar-refractivity contribution in [1.29, 1.82) is 0 Å². The predicted octanol–water partition coefficient (Wildman–Crippen LogP) is 3.69. The number of rotatable bonds is 6. The second-order valence-corrected chi connectivity index (χ2v) is 5.64. The second-order valence-electron chi connectivity index (χ2n) is 5.64. The molecule has 2 aromatic rings. The molecule has 2 nitrogen and oxygen atoms in total. The molecule has 2 heteroatoms. The van der Waals surface area contributed by atoms with E-state index in [9.17, 15) is 0 Å². The summed E-state index contributed by atoms with van der Waals surface area (Å²) in [4.78, 5) is 0. The number of methoxy groups -OCH3 is 1. The molecule has 2 aromatic carbocycles. The lowest BCUT2D eigenvalue weighted by Gasteiger charge is -2.19. The number of nitrogens with one attached hydrogen (secondary N) is 1. The van der Waals surface area contributed by atoms with Crippen molar-refractivity contribution in [3.8, 4) is 5.75 Å². The van der Waals surface area contributed by atoms with Gasteiger partial charge in [-0.25, -0.2) is 0 Å². The van der Waals surface area contributed by atoms with E-state index in [4.69, 9.17) is 4.74 Å². The van der Waals surface area contributed by atoms with Crippen LogP contribution in [0.1, 0.15) is 22.3 Å². The van der Waals surface area contributed by atoms with Gasteiger partial charge in [-0.3, -0.25) is 0 Å². The monoisotopic (exact) mass is 283 g/mol. The summed E-state index contributed by atoms with van der Waals surface area (Å²) in [7, 11) is 3.77. The van der Waals surface area contributed by atoms with Crippen LogP contribution in [0.15, 0.2) is 42.5 Å². The summed E-state index contributed by atoms with van der Waals surface area (Å²) in [6.07, 6.45) is 2.00. The van der Waals surface area contributed by atoms with Gasteiger partial charge in [-0.15, -0.1) is 0 Å². The first-order valence-electron chi connectivity index (χ1n) is 7.49. The highest BCUT2D eigenvalue weighted by Gasteiger charge is 2.13. The maximum atomic E-state index is 5.49. The van der Waals surface area contributed by atoms with Gasteiger partial charge in [0.1, 0.15) is 5.75 Å². The minimum absolute atomic E-state index is 0.404. The van der Waals surface area contributed by atoms with E-state index in [2.05, 4.69) is 61.6 Å². The Bertz CT molecular complexity index is 592. The van der Waals surface area contributed by atoms with Crippen LogP contribution in [0.3, 0.4) is 0 Å². The Morgan fingerprint density at radius 1 is 1.00 bits per heavy atom. The van der Waals surface area contributed by atoms with Gasteiger partial charge in [0, 0.05) is 6.04 Å². The summed E-state index contributed by atoms with van der Waals surface area (Å²) in [5, 5.41) is 3.44. The highest BCUT2D eigenvalue weighted by atomic mass is 16.5. The molecule has 0 aromatic heterocycles. The van der Waals surface area contributed by atoms with Crippen LogP contribution in [0.4, 0.5) is 0 Å². The normalized spacial score (nSPS) is 12.2. The van der Waals surface area contributed by atoms with Crippen LogP contribution in [0.25, 0.3) is 0 Å². The fourth-order valence-electron chi connectivity index (χ4n) is 2.71. The molecule has 0 aliphatic heterocycles. The fourth-order valence-corrected chi connectivity index (χ4v) is 2.71. The third-order valence-corrected chi connectivity index (χ3v) is 4.04. The minimum atomic E-state index is 0.404. The molecular weight excluding hydrogens is 258 g/mol. The number of aryl methyl sites for hydroxylation is 2. The molecule has 0 bridgehead atoms. The van der Waals surface area contributed by atoms with Crippen molar-refractivity contribution in [3.63, 3.8) is 0 Å². The van der Waals surface area contributed by atoms with Crippen molar-refractivity contribution in [2.24, 2.45) is 0 Å². The molecule has 0 radical (unpaired) electrons. The number of likely N-dealkylation sites (N-methyl/N-ethyl adjacent to an activating group) is 1. The van der Waals surface area contributed by atoms with Crippen molar-refractivity contribution in [3.05, 3.63) is 64.7 Å². The van der Waals surface area contributed by atoms with Crippen molar-refractivity contribution in [2.75, 3.05) is 14.2 Å². The van der Waals surface area contributed by atoms with Crippen LogP contribution >= 0.6 is 0 Å². The van der Waals surface area contributed by atoms with Gasteiger partial charge in [-0.2, -0.15) is 0 Å². The zero-order chi connectivity index (χ0) is 15.2. The number of hydrogen-bond acceptors (Lipinski definition) is 2. The van der Waals surface area contributed by atoms with E-state index in [1.165, 1.54) is 22.3 Å². The fraction of sp³-hybridized carbons (Fsp3) is 0.368. The van der Waals surface area contributed by atoms with Crippen molar-refractivity contribution in [1.82, 2.24) is 5.32 Å². The number of hydrogen-bond donors (Lipinski definition) is 1. The average molecular weight is 283 g/mol. The van der Waals surface area contributed by atoms with Gasteiger partial charge in [0.15, 0.2) is 0 Å². The Morgan fingerprint density at radius 3 is 2.38 bits per heavy atom. The minimum Gasteiger partial charge on any atom is -0.496 e. The average Bonchev–Trinajstić information content (AvgIpc) is 2.49. The molecule has 0 spiro atoms. The third-order valence-electron chi connectivity index (χ3n) is 4.04. The lowest BCUT2D eigenvalue weighted by molar-refractivity contribution is 0.405. The van der Waals surface area contributed by atoms with E-state index in [0.717, 1.165) is 18.6 Å². The van der Waals surface area contributed by atoms with Crippen LogP contribution in [0.2, 0.25) is 0 Å². The van der Waals surface area contributed by atoms with E-state index < -0.39 is 0 Å². The molecule has 0 aliphatic rings. The first-order valence-corrected chi connectivity index (χ1v) is 7.49. The molecule has 0 saturated carbocycles. The van der Waals surface area contributed by atoms with Crippen LogP contribution in [-0.4, -0.2) is 20.2 Å². The van der Waals surface area contributed by atoms with Crippen LogP contribution in [0.5, 0.6) is 5.75 Å². The molecule has 0 aliphatic carbocycles. The molecule has 1 N–H and O–H groups in total. The summed E-state index contributed by atoms with van der Waals surface area (Å²) in [6, 6.07) is 15.4. The smallest absolute Gasteiger partial charge is 0.122 e. The summed E-state index contributed by atoms with van der Waals surface area (Å²) >= 11 is 0. The number of benzene rings is 2. The Balaban J connectivity index is 2.16. The van der Waals surface area contributed by atoms with Crippen LogP contribution in [-0.2, 0) is 12.8 Å². The Morgan fingerprint density at radius 2 is 1.71 bits per heavy atom. The Kier molecular flexibility index (Phi) is 5.40. The van der Waals surface area contributed by atoms with Gasteiger partial charge in [0.05, 0.1) is 7.11 Å². The zero-order valence-corrected chi connectivity index (χ0v) is 13.4. The van der Waals surface area contributed by atoms with Gasteiger partial charge in [0.25, 0.3) is 0 Å². The van der Waals surface area contributed by atoms with E-state index in [-0.39, 0.29) is 0 Å². The summed E-state index contributed by atoms with van der Waals surface area (Å²) in [5.41, 5.74) is 5.31. The third kappa shape index (κ3) is 4.08. The maximum Gasteiger partial charge on any atom is 0.122 e. The highest BCUT2D eigenvalue weighted by Crippen LogP contribution is 2.22. The Labute approximate surface area is 128 Å². The summed E-state index contributed by atoms with van der Waals surface area (Å²) in [5.74, 6) is 0.977. The van der Waals surface area contributed by atoms with Gasteiger partial charge >= 0.3 is 0 Å². The van der Waals surface area contributed by atoms with E-state index in [0.29, 0.717) is 6.04 Å². The standard InChI is InChI=1S/C19H25NO/c1-14-9-10-19(21-4)17(11-14)13-18(20-3)12-16-8-6-5-7-15(16)2/h5-11,18,20H,12-13H2,1-4H3. The van der Waals surface area contributed by atoms with Gasteiger partial charge < -0.3 is 10.1 Å². The topological polar surface area (TPSA) is 21.3 Å². The molecule has 0 heterocycles. The van der Waals surface area contributed by atoms with E-state index >= 15 is 0 Å². The SMILES string of the molecule is CNC(Cc1ccccc1C)Cc1cc(C)ccc1OC. The van der Waals surface area contributed by atoms with Crippen molar-refractivity contribution >= 4 is 0 Å².